The van der Waals surface area contributed by atoms with E-state index >= 15 is 0 Å². The van der Waals surface area contributed by atoms with Crippen molar-refractivity contribution in [2.75, 3.05) is 70.2 Å². The van der Waals surface area contributed by atoms with Crippen LogP contribution < -0.4 is 25.8 Å². The van der Waals surface area contributed by atoms with Crippen LogP contribution in [-0.4, -0.2) is 96.3 Å². The van der Waals surface area contributed by atoms with Gasteiger partial charge in [-0.2, -0.15) is 0 Å². The summed E-state index contributed by atoms with van der Waals surface area (Å²) in [5.74, 6) is 2.83. The Morgan fingerprint density at radius 1 is 0.979 bits per heavy atom. The predicted octanol–water partition coefficient (Wildman–Crippen LogP) is 6.21. The fourth-order valence-corrected chi connectivity index (χ4v) is 8.06. The van der Waals surface area contributed by atoms with Gasteiger partial charge in [0.2, 0.25) is 0 Å². The molecule has 2 heterocycles. The largest absolute Gasteiger partial charge is 0.490 e. The van der Waals surface area contributed by atoms with E-state index in [0.717, 1.165) is 32.5 Å². The van der Waals surface area contributed by atoms with Gasteiger partial charge in [0.25, 0.3) is 0 Å². The predicted molar refractivity (Wildman–Crippen MR) is 213 cm³/mol. The molecule has 0 amide bonds. The molecule has 2 aromatic carbocycles. The molecule has 1 atom stereocenters. The molecule has 2 aliphatic heterocycles. The summed E-state index contributed by atoms with van der Waals surface area (Å²) in [4.78, 5) is 26.6. The van der Waals surface area contributed by atoms with Gasteiger partial charge in [-0.25, -0.2) is 0 Å². The molecular weight excluding hydrogens is 892 g/mol. The molecule has 0 spiro atoms. The van der Waals surface area contributed by atoms with E-state index in [1.807, 2.05) is 16.9 Å². The first-order valence-corrected chi connectivity index (χ1v) is 22.5. The van der Waals surface area contributed by atoms with Crippen molar-refractivity contribution in [2.45, 2.75) is 19.1 Å². The zero-order valence-corrected chi connectivity index (χ0v) is 34.4. The van der Waals surface area contributed by atoms with Gasteiger partial charge in [-0.3, -0.25) is 20.2 Å². The van der Waals surface area contributed by atoms with Crippen LogP contribution in [0.5, 0.6) is 11.5 Å². The highest BCUT2D eigenvalue weighted by Gasteiger charge is 2.31. The second-order valence-corrected chi connectivity index (χ2v) is 15.3. The maximum Gasteiger partial charge on any atom is 0.310 e. The van der Waals surface area contributed by atoms with E-state index in [1.165, 1.54) is 57.2 Å². The molecule has 48 heavy (non-hydrogen) atoms. The first-order chi connectivity index (χ1) is 22.8. The third-order valence-electron chi connectivity index (χ3n) is 6.73. The highest BCUT2D eigenvalue weighted by Crippen LogP contribution is 2.48. The highest BCUT2D eigenvalue weighted by atomic mass is 127. The summed E-state index contributed by atoms with van der Waals surface area (Å²) in [6.45, 7) is 9.28. The van der Waals surface area contributed by atoms with Gasteiger partial charge in [0.15, 0.2) is 24.9 Å². The molecule has 2 aliphatic rings. The SMILES string of the molecule is C=CP(=O)(C=C)c1ccc([N+](=O)[O-])c(OC)c1.CI.CI.CN.COc1cc(P2(=O)CCN(C)CC2)ccc1[N+](=O)[O-].OC1CCCO1. The van der Waals surface area contributed by atoms with Crippen LogP contribution in [0.3, 0.4) is 0 Å². The molecule has 14 nitrogen and oxygen atoms in total. The molecule has 0 radical (unpaired) electrons. The normalized spacial score (nSPS) is 16.0. The minimum atomic E-state index is -2.90. The fourth-order valence-electron chi connectivity index (χ4n) is 4.10. The monoisotopic (exact) mass is 940 g/mol. The lowest BCUT2D eigenvalue weighted by atomic mass is 10.3. The van der Waals surface area contributed by atoms with E-state index in [4.69, 9.17) is 19.3 Å². The number of halogens is 2. The number of ether oxygens (including phenoxy) is 3. The zero-order chi connectivity index (χ0) is 37.5. The Bertz CT molecular complexity index is 1370. The number of nitrogens with zero attached hydrogens (tertiary/aromatic N) is 3. The number of alkyl halides is 2. The number of benzene rings is 2. The summed E-state index contributed by atoms with van der Waals surface area (Å²) in [5.41, 5.74) is 4.24. The van der Waals surface area contributed by atoms with Crippen LogP contribution in [0.2, 0.25) is 0 Å². The number of hydrogen-bond donors (Lipinski definition) is 2. The minimum absolute atomic E-state index is 0.0661. The number of nitro benzene ring substituents is 2. The summed E-state index contributed by atoms with van der Waals surface area (Å²) >= 11 is 4.30. The number of nitro groups is 2. The summed E-state index contributed by atoms with van der Waals surface area (Å²) in [6.07, 6.45) is 2.61. The van der Waals surface area contributed by atoms with Gasteiger partial charge in [-0.15, -0.1) is 0 Å². The molecule has 1 unspecified atom stereocenters. The molecule has 0 aliphatic carbocycles. The Labute approximate surface area is 310 Å². The van der Waals surface area contributed by atoms with Crippen LogP contribution in [0.1, 0.15) is 12.8 Å². The van der Waals surface area contributed by atoms with Crippen molar-refractivity contribution in [2.24, 2.45) is 5.73 Å². The van der Waals surface area contributed by atoms with Gasteiger partial charge in [-0.1, -0.05) is 58.3 Å². The third kappa shape index (κ3) is 15.3. The molecule has 272 valence electrons. The molecular formula is C30H48I2N4O10P2. The summed E-state index contributed by atoms with van der Waals surface area (Å²) in [7, 11) is 0.868. The van der Waals surface area contributed by atoms with Crippen molar-refractivity contribution in [1.82, 2.24) is 4.90 Å². The average Bonchev–Trinajstić information content (AvgIpc) is 3.62. The second kappa shape index (κ2) is 26.0. The first kappa shape index (κ1) is 48.2. The zero-order valence-electron chi connectivity index (χ0n) is 28.3. The lowest BCUT2D eigenvalue weighted by Gasteiger charge is -2.29. The molecule has 0 bridgehead atoms. The van der Waals surface area contributed by atoms with Crippen LogP contribution in [0.4, 0.5) is 11.4 Å². The minimum Gasteiger partial charge on any atom is -0.490 e. The highest BCUT2D eigenvalue weighted by molar-refractivity contribution is 14.1. The summed E-state index contributed by atoms with van der Waals surface area (Å²) in [6, 6.07) is 8.60. The smallest absolute Gasteiger partial charge is 0.310 e. The number of aliphatic hydroxyl groups is 1. The Morgan fingerprint density at radius 2 is 1.44 bits per heavy atom. The van der Waals surface area contributed by atoms with Crippen LogP contribution in [0.15, 0.2) is 61.2 Å². The van der Waals surface area contributed by atoms with Gasteiger partial charge < -0.3 is 39.1 Å². The van der Waals surface area contributed by atoms with E-state index in [9.17, 15) is 29.4 Å². The number of aliphatic hydroxyl groups excluding tert-OH is 1. The van der Waals surface area contributed by atoms with E-state index in [0.29, 0.717) is 22.9 Å². The third-order valence-corrected chi connectivity index (χ3v) is 12.0. The maximum absolute atomic E-state index is 12.9. The first-order valence-electron chi connectivity index (χ1n) is 14.3. The lowest BCUT2D eigenvalue weighted by Crippen LogP contribution is -2.34. The lowest BCUT2D eigenvalue weighted by molar-refractivity contribution is -0.385. The Hall–Kier alpha value is -1.92. The Morgan fingerprint density at radius 3 is 1.79 bits per heavy atom. The molecule has 3 N–H and O–H groups in total. The van der Waals surface area contributed by atoms with Crippen LogP contribution in [0, 0.1) is 20.2 Å². The van der Waals surface area contributed by atoms with Gasteiger partial charge >= 0.3 is 11.4 Å². The average molecular weight is 940 g/mol. The number of rotatable bonds is 8. The van der Waals surface area contributed by atoms with Crippen LogP contribution in [-0.2, 0) is 13.9 Å². The summed E-state index contributed by atoms with van der Waals surface area (Å²) in [5, 5.41) is 31.1. The maximum atomic E-state index is 12.9. The molecule has 4 rings (SSSR count). The van der Waals surface area contributed by atoms with E-state index in [2.05, 4.69) is 69.0 Å². The number of hydrogen-bond acceptors (Lipinski definition) is 12. The van der Waals surface area contributed by atoms with Gasteiger partial charge in [0.1, 0.15) is 7.14 Å². The quantitative estimate of drug-likeness (QED) is 0.100. The van der Waals surface area contributed by atoms with Gasteiger partial charge in [0.05, 0.1) is 24.1 Å². The van der Waals surface area contributed by atoms with Crippen molar-refractivity contribution >= 4 is 81.4 Å². The number of methoxy groups -OCH3 is 2. The van der Waals surface area contributed by atoms with Crippen molar-refractivity contribution in [3.8, 4) is 11.5 Å². The van der Waals surface area contributed by atoms with Crippen molar-refractivity contribution < 1.29 is 38.3 Å². The number of nitrogens with two attached hydrogens (primary N) is 1. The fraction of sp³-hybridized carbons (Fsp3) is 0.467. The van der Waals surface area contributed by atoms with Gasteiger partial charge in [-0.05, 0) is 66.3 Å². The van der Waals surface area contributed by atoms with Crippen molar-refractivity contribution in [3.63, 3.8) is 0 Å². The van der Waals surface area contributed by atoms with E-state index in [-0.39, 0.29) is 22.9 Å². The van der Waals surface area contributed by atoms with E-state index < -0.39 is 30.4 Å². The van der Waals surface area contributed by atoms with Crippen molar-refractivity contribution in [3.05, 3.63) is 81.4 Å². The second-order valence-electron chi connectivity index (χ2n) is 9.41. The molecule has 2 fully saturated rings. The van der Waals surface area contributed by atoms with Crippen LogP contribution >= 0.6 is 59.5 Å². The van der Waals surface area contributed by atoms with Crippen molar-refractivity contribution in [1.29, 1.82) is 0 Å². The van der Waals surface area contributed by atoms with Gasteiger partial charge in [0, 0.05) is 61.2 Å². The molecule has 0 aromatic heterocycles. The summed E-state index contributed by atoms with van der Waals surface area (Å²) < 4.78 is 39.8. The molecule has 2 aromatic rings. The van der Waals surface area contributed by atoms with E-state index in [1.54, 1.807) is 12.1 Å². The Kier molecular flexibility index (Phi) is 26.1. The molecule has 18 heteroatoms. The van der Waals surface area contributed by atoms with Crippen LogP contribution in [0.25, 0.3) is 0 Å². The Balaban J connectivity index is 0. The topological polar surface area (TPSA) is 198 Å². The molecule has 0 saturated carbocycles. The molecule has 2 saturated heterocycles. The standard InChI is InChI=1S/C12H17N2O4P.C11H12NO4P.C4H8O2.2CH3I.CH5N/c1-13-5-7-19(17,8-6-13)10-3-4-11(14(15)16)12(9-10)18-2;1-4-17(15,5-2)9-6-7-10(12(13)14)11(8-9)16-3;5-4-2-1-3-6-4;3*1-2/h3-4,9H,5-8H2,1-2H3;4-8H,1-2H2,3H3;4-5H,1-3H2;2*1H3;2H2,1H3.